The zero-order valence-corrected chi connectivity index (χ0v) is 20.2. The number of nitrogens with zero attached hydrogens (tertiary/aromatic N) is 3. The minimum Gasteiger partial charge on any atom is -0.387 e. The molecule has 6 nitrogen and oxygen atoms in total. The molecule has 1 unspecified atom stereocenters. The highest BCUT2D eigenvalue weighted by atomic mass is 32.2. The van der Waals surface area contributed by atoms with Crippen LogP contribution in [0.5, 0.6) is 0 Å². The molecule has 1 saturated heterocycles. The summed E-state index contributed by atoms with van der Waals surface area (Å²) in [7, 11) is -3.67. The van der Waals surface area contributed by atoms with Gasteiger partial charge in [-0.1, -0.05) is 19.3 Å². The minimum atomic E-state index is -3.67. The first-order chi connectivity index (χ1) is 16.2. The zero-order valence-electron chi connectivity index (χ0n) is 19.4. The third-order valence-electron chi connectivity index (χ3n) is 7.20. The minimum absolute atomic E-state index is 0.0358. The summed E-state index contributed by atoms with van der Waals surface area (Å²) < 4.78 is 59.7. The van der Waals surface area contributed by atoms with Crippen LogP contribution in [0.2, 0.25) is 0 Å². The summed E-state index contributed by atoms with van der Waals surface area (Å²) in [4.78, 5) is 0. The van der Waals surface area contributed by atoms with Gasteiger partial charge in [-0.05, 0) is 62.6 Å². The predicted octanol–water partition coefficient (Wildman–Crippen LogP) is 4.41. The van der Waals surface area contributed by atoms with Gasteiger partial charge in [-0.15, -0.1) is 0 Å². The number of hydrogen-bond donors (Lipinski definition) is 1. The van der Waals surface area contributed by atoms with Crippen molar-refractivity contribution in [3.63, 3.8) is 0 Å². The molecule has 0 radical (unpaired) electrons. The van der Waals surface area contributed by atoms with Crippen molar-refractivity contribution in [1.29, 1.82) is 0 Å². The predicted molar refractivity (Wildman–Crippen MR) is 129 cm³/mol. The van der Waals surface area contributed by atoms with Gasteiger partial charge in [-0.2, -0.15) is 17.0 Å². The van der Waals surface area contributed by atoms with E-state index < -0.39 is 27.4 Å². The number of β-amino-alcohol motifs (C(OH)–C–C–N with tert-alkyl or cyclic N) is 1. The Morgan fingerprint density at radius 3 is 2.09 bits per heavy atom. The molecule has 9 heteroatoms. The molecular weight excluding hydrogens is 460 g/mol. The summed E-state index contributed by atoms with van der Waals surface area (Å²) in [5, 5.41) is 12.5. The molecule has 34 heavy (non-hydrogen) atoms. The third kappa shape index (κ3) is 4.34. The molecule has 1 N–H and O–H groups in total. The molecule has 2 fully saturated rings. The van der Waals surface area contributed by atoms with Gasteiger partial charge in [0.15, 0.2) is 0 Å². The average molecular weight is 492 g/mol. The molecule has 1 aliphatic carbocycles. The molecule has 1 aromatic heterocycles. The first-order valence-corrected chi connectivity index (χ1v) is 13.4. The summed E-state index contributed by atoms with van der Waals surface area (Å²) in [6.45, 7) is 2.54. The summed E-state index contributed by atoms with van der Waals surface area (Å²) in [5.74, 6) is -0.852. The van der Waals surface area contributed by atoms with Crippen molar-refractivity contribution in [3.8, 4) is 0 Å². The van der Waals surface area contributed by atoms with Crippen LogP contribution in [-0.4, -0.2) is 58.0 Å². The second-order valence-corrected chi connectivity index (χ2v) is 11.9. The zero-order chi connectivity index (χ0) is 24.1. The van der Waals surface area contributed by atoms with Gasteiger partial charge in [0.25, 0.3) is 10.2 Å². The fraction of sp³-hybridized carbons (Fsp3) is 0.520. The summed E-state index contributed by atoms with van der Waals surface area (Å²) in [6, 6.07) is 8.65. The van der Waals surface area contributed by atoms with Crippen molar-refractivity contribution >= 4 is 32.0 Å². The van der Waals surface area contributed by atoms with Crippen LogP contribution < -0.4 is 0 Å². The lowest BCUT2D eigenvalue weighted by Gasteiger charge is -2.42. The molecule has 0 spiro atoms. The Morgan fingerprint density at radius 1 is 0.912 bits per heavy atom. The first-order valence-electron chi connectivity index (χ1n) is 12.0. The Balaban J connectivity index is 1.45. The van der Waals surface area contributed by atoms with Crippen LogP contribution in [0.3, 0.4) is 0 Å². The smallest absolute Gasteiger partial charge is 0.282 e. The fourth-order valence-corrected chi connectivity index (χ4v) is 7.72. The van der Waals surface area contributed by atoms with E-state index in [1.807, 2.05) is 4.57 Å². The number of halogens is 2. The van der Waals surface area contributed by atoms with Gasteiger partial charge in [0.05, 0.1) is 12.1 Å². The number of aromatic nitrogens is 1. The van der Waals surface area contributed by atoms with Crippen LogP contribution >= 0.6 is 0 Å². The van der Waals surface area contributed by atoms with Crippen LogP contribution in [0.1, 0.15) is 45.4 Å². The Kier molecular flexibility index (Phi) is 6.16. The van der Waals surface area contributed by atoms with E-state index in [9.17, 15) is 22.3 Å². The standard InChI is InChI=1S/C25H31F2N3O3S/c1-25(31,16-28-12-5-13-30(34(28,32)33)20-6-3-2-4-7-20)17-29-23-10-8-18(26)14-21(23)22-15-19(27)9-11-24(22)29/h8-11,14-15,20,31H,2-7,12-13,16-17H2,1H3. The second kappa shape index (κ2) is 8.86. The highest BCUT2D eigenvalue weighted by Crippen LogP contribution is 2.33. The van der Waals surface area contributed by atoms with Crippen molar-refractivity contribution in [2.24, 2.45) is 0 Å². The average Bonchev–Trinajstić information content (AvgIpc) is 3.07. The molecule has 1 aliphatic heterocycles. The van der Waals surface area contributed by atoms with E-state index in [-0.39, 0.29) is 19.1 Å². The summed E-state index contributed by atoms with van der Waals surface area (Å²) >= 11 is 0. The Labute approximate surface area is 198 Å². The molecule has 5 rings (SSSR count). The first kappa shape index (κ1) is 23.7. The molecular formula is C25H31F2N3O3S. The monoisotopic (exact) mass is 491 g/mol. The number of rotatable bonds is 5. The van der Waals surface area contributed by atoms with E-state index in [0.29, 0.717) is 34.9 Å². The molecule has 0 amide bonds. The van der Waals surface area contributed by atoms with E-state index in [2.05, 4.69) is 0 Å². The lowest BCUT2D eigenvalue weighted by molar-refractivity contribution is 0.0211. The van der Waals surface area contributed by atoms with E-state index in [0.717, 1.165) is 38.5 Å². The molecule has 3 aromatic rings. The Bertz CT molecular complexity index is 1260. The van der Waals surface area contributed by atoms with Crippen molar-refractivity contribution < 1.29 is 22.3 Å². The van der Waals surface area contributed by atoms with Crippen LogP contribution in [-0.2, 0) is 16.8 Å². The van der Waals surface area contributed by atoms with Gasteiger partial charge in [0, 0.05) is 47.5 Å². The molecule has 0 bridgehead atoms. The van der Waals surface area contributed by atoms with E-state index >= 15 is 0 Å². The van der Waals surface area contributed by atoms with Gasteiger partial charge >= 0.3 is 0 Å². The Hall–Kier alpha value is -2.07. The van der Waals surface area contributed by atoms with Crippen LogP contribution in [0.4, 0.5) is 8.78 Å². The van der Waals surface area contributed by atoms with Crippen LogP contribution in [0, 0.1) is 11.6 Å². The normalized spacial score (nSPS) is 22.4. The SMILES string of the molecule is CC(O)(CN1CCCN(C2CCCCC2)S1(=O)=O)Cn1c2ccc(F)cc2c2cc(F)ccc21. The Morgan fingerprint density at radius 2 is 1.50 bits per heavy atom. The quantitative estimate of drug-likeness (QED) is 0.575. The van der Waals surface area contributed by atoms with Crippen LogP contribution in [0.15, 0.2) is 36.4 Å². The summed E-state index contributed by atoms with van der Waals surface area (Å²) in [6.07, 6.45) is 5.73. The molecule has 1 atom stereocenters. The molecule has 184 valence electrons. The van der Waals surface area contributed by atoms with Crippen molar-refractivity contribution in [2.75, 3.05) is 19.6 Å². The van der Waals surface area contributed by atoms with E-state index in [4.69, 9.17) is 0 Å². The van der Waals surface area contributed by atoms with E-state index in [1.165, 1.54) is 28.6 Å². The second-order valence-electron chi connectivity index (χ2n) is 10.0. The number of benzene rings is 2. The molecule has 2 aromatic carbocycles. The van der Waals surface area contributed by atoms with Gasteiger partial charge in [0.2, 0.25) is 0 Å². The fourth-order valence-electron chi connectivity index (χ4n) is 5.67. The maximum atomic E-state index is 14.0. The summed E-state index contributed by atoms with van der Waals surface area (Å²) in [5.41, 5.74) is -0.0789. The number of hydrogen-bond acceptors (Lipinski definition) is 3. The largest absolute Gasteiger partial charge is 0.387 e. The van der Waals surface area contributed by atoms with Gasteiger partial charge in [0.1, 0.15) is 11.6 Å². The van der Waals surface area contributed by atoms with Crippen LogP contribution in [0.25, 0.3) is 21.8 Å². The van der Waals surface area contributed by atoms with Gasteiger partial charge in [-0.3, -0.25) is 0 Å². The van der Waals surface area contributed by atoms with Crippen molar-refractivity contribution in [3.05, 3.63) is 48.0 Å². The highest BCUT2D eigenvalue weighted by Gasteiger charge is 2.41. The van der Waals surface area contributed by atoms with Crippen molar-refractivity contribution in [1.82, 2.24) is 13.2 Å². The number of aliphatic hydroxyl groups is 1. The highest BCUT2D eigenvalue weighted by molar-refractivity contribution is 7.86. The van der Waals surface area contributed by atoms with E-state index in [1.54, 1.807) is 23.4 Å². The van der Waals surface area contributed by atoms with Crippen molar-refractivity contribution in [2.45, 2.75) is 63.6 Å². The lowest BCUT2D eigenvalue weighted by atomic mass is 9.95. The lowest BCUT2D eigenvalue weighted by Crippen LogP contribution is -2.57. The van der Waals surface area contributed by atoms with Gasteiger partial charge < -0.3 is 9.67 Å². The molecule has 1 saturated carbocycles. The maximum absolute atomic E-state index is 14.0. The molecule has 2 heterocycles. The third-order valence-corrected chi connectivity index (χ3v) is 9.23. The molecule has 2 aliphatic rings. The topological polar surface area (TPSA) is 65.8 Å². The number of fused-ring (bicyclic) bond motifs is 3. The van der Waals surface area contributed by atoms with Gasteiger partial charge in [-0.25, -0.2) is 8.78 Å². The maximum Gasteiger partial charge on any atom is 0.282 e.